The Morgan fingerprint density at radius 1 is 1.40 bits per heavy atom. The number of hydrogen-bond acceptors (Lipinski definition) is 4. The molecule has 1 aromatic carbocycles. The fraction of sp³-hybridized carbons (Fsp3) is 0. The van der Waals surface area contributed by atoms with E-state index in [0.29, 0.717) is 26.5 Å². The molecule has 20 heavy (non-hydrogen) atoms. The highest BCUT2D eigenvalue weighted by molar-refractivity contribution is 9.10. The summed E-state index contributed by atoms with van der Waals surface area (Å²) in [5, 5.41) is 14.7. The van der Waals surface area contributed by atoms with E-state index in [1.54, 1.807) is 6.07 Å². The molecule has 0 aliphatic carbocycles. The lowest BCUT2D eigenvalue weighted by atomic mass is 10.1. The molecule has 4 N–H and O–H groups in total. The van der Waals surface area contributed by atoms with E-state index in [1.807, 2.05) is 0 Å². The zero-order chi connectivity index (χ0) is 14.7. The van der Waals surface area contributed by atoms with Crippen LogP contribution in [-0.2, 0) is 0 Å². The minimum absolute atomic E-state index is 0.136. The molecule has 6 nitrogen and oxygen atoms in total. The largest absolute Gasteiger partial charge is 0.457 e. The lowest BCUT2D eigenvalue weighted by molar-refractivity contribution is 0.102. The van der Waals surface area contributed by atoms with Crippen molar-refractivity contribution >= 4 is 45.0 Å². The molecular formula is C12H9BrClN3O3. The Morgan fingerprint density at radius 2 is 2.15 bits per heavy atom. The number of nitrogens with zero attached hydrogens (tertiary/aromatic N) is 1. The van der Waals surface area contributed by atoms with Crippen LogP contribution in [0.4, 0.5) is 5.69 Å². The van der Waals surface area contributed by atoms with Gasteiger partial charge >= 0.3 is 0 Å². The van der Waals surface area contributed by atoms with Crippen LogP contribution in [0.1, 0.15) is 15.9 Å². The number of benzene rings is 1. The standard InChI is InChI=1S/C12H9BrClN3O3/c13-10-8(3-4-20-10)12(18)16-9-5-6(14)1-2-7(9)11(15)17-19/h1-5,19H,(H2,15,17)(H,16,18). The summed E-state index contributed by atoms with van der Waals surface area (Å²) in [6, 6.07) is 6.11. The molecule has 0 aliphatic rings. The van der Waals surface area contributed by atoms with E-state index in [-0.39, 0.29) is 5.84 Å². The van der Waals surface area contributed by atoms with E-state index < -0.39 is 5.91 Å². The van der Waals surface area contributed by atoms with Gasteiger partial charge in [0.2, 0.25) is 0 Å². The highest BCUT2D eigenvalue weighted by Gasteiger charge is 2.16. The van der Waals surface area contributed by atoms with Gasteiger partial charge in [-0.15, -0.1) is 0 Å². The van der Waals surface area contributed by atoms with E-state index in [1.165, 1.54) is 24.5 Å². The second-order valence-corrected chi connectivity index (χ2v) is 4.89. The third-order valence-corrected chi connectivity index (χ3v) is 3.33. The average Bonchev–Trinajstić information content (AvgIpc) is 2.84. The smallest absolute Gasteiger partial charge is 0.260 e. The molecule has 2 aromatic rings. The van der Waals surface area contributed by atoms with Gasteiger partial charge < -0.3 is 20.7 Å². The van der Waals surface area contributed by atoms with Crippen LogP contribution in [0.25, 0.3) is 0 Å². The van der Waals surface area contributed by atoms with E-state index in [9.17, 15) is 4.79 Å². The van der Waals surface area contributed by atoms with E-state index in [2.05, 4.69) is 26.4 Å². The summed E-state index contributed by atoms with van der Waals surface area (Å²) in [5.41, 5.74) is 6.54. The third kappa shape index (κ3) is 2.94. The molecule has 0 bridgehead atoms. The summed E-state index contributed by atoms with van der Waals surface area (Å²) in [4.78, 5) is 12.1. The molecule has 0 aliphatic heterocycles. The molecule has 1 heterocycles. The predicted molar refractivity (Wildman–Crippen MR) is 78.3 cm³/mol. The minimum atomic E-state index is -0.417. The average molecular weight is 359 g/mol. The van der Waals surface area contributed by atoms with Gasteiger partial charge in [0, 0.05) is 10.6 Å². The summed E-state index contributed by atoms with van der Waals surface area (Å²) in [6.45, 7) is 0. The van der Waals surface area contributed by atoms with E-state index in [0.717, 1.165) is 0 Å². The van der Waals surface area contributed by atoms with Gasteiger partial charge in [0.05, 0.1) is 17.5 Å². The van der Waals surface area contributed by atoms with Gasteiger partial charge in [-0.2, -0.15) is 0 Å². The Kier molecular flexibility index (Phi) is 4.31. The first-order valence-corrected chi connectivity index (χ1v) is 6.52. The van der Waals surface area contributed by atoms with Crippen LogP contribution in [0.2, 0.25) is 5.02 Å². The topological polar surface area (TPSA) is 101 Å². The first-order chi connectivity index (χ1) is 9.52. The Balaban J connectivity index is 2.36. The number of amides is 1. The molecule has 0 fully saturated rings. The van der Waals surface area contributed by atoms with Crippen molar-refractivity contribution in [3.05, 3.63) is 51.3 Å². The van der Waals surface area contributed by atoms with Crippen molar-refractivity contribution in [2.24, 2.45) is 10.9 Å². The highest BCUT2D eigenvalue weighted by Crippen LogP contribution is 2.24. The van der Waals surface area contributed by atoms with E-state index >= 15 is 0 Å². The molecule has 8 heteroatoms. The van der Waals surface area contributed by atoms with Crippen LogP contribution in [0.3, 0.4) is 0 Å². The number of hydrogen-bond donors (Lipinski definition) is 3. The molecular weight excluding hydrogens is 350 g/mol. The quantitative estimate of drug-likeness (QED) is 0.340. The Morgan fingerprint density at radius 3 is 2.75 bits per heavy atom. The maximum absolute atomic E-state index is 12.1. The first-order valence-electron chi connectivity index (χ1n) is 5.34. The van der Waals surface area contributed by atoms with Crippen molar-refractivity contribution in [2.75, 3.05) is 5.32 Å². The minimum Gasteiger partial charge on any atom is -0.457 e. The molecule has 0 saturated heterocycles. The number of furan rings is 1. The Bertz CT molecular complexity index is 684. The zero-order valence-electron chi connectivity index (χ0n) is 9.93. The number of oxime groups is 1. The molecule has 2 rings (SSSR count). The normalized spacial score (nSPS) is 11.4. The van der Waals surface area contributed by atoms with Gasteiger partial charge in [-0.1, -0.05) is 16.8 Å². The number of carbonyl (C=O) groups is 1. The Hall–Kier alpha value is -1.99. The summed E-state index contributed by atoms with van der Waals surface area (Å²) >= 11 is 9.00. The molecule has 0 radical (unpaired) electrons. The fourth-order valence-corrected chi connectivity index (χ4v) is 2.13. The molecule has 1 aromatic heterocycles. The zero-order valence-corrected chi connectivity index (χ0v) is 12.3. The molecule has 0 atom stereocenters. The molecule has 104 valence electrons. The summed E-state index contributed by atoms with van der Waals surface area (Å²) in [6.07, 6.45) is 1.38. The number of carbonyl (C=O) groups excluding carboxylic acids is 1. The monoisotopic (exact) mass is 357 g/mol. The van der Waals surface area contributed by atoms with Crippen molar-refractivity contribution in [3.8, 4) is 0 Å². The molecule has 0 unspecified atom stereocenters. The maximum Gasteiger partial charge on any atom is 0.260 e. The van der Waals surface area contributed by atoms with Crippen molar-refractivity contribution in [1.29, 1.82) is 0 Å². The number of anilines is 1. The van der Waals surface area contributed by atoms with Crippen LogP contribution in [-0.4, -0.2) is 17.0 Å². The lowest BCUT2D eigenvalue weighted by Crippen LogP contribution is -2.19. The van der Waals surface area contributed by atoms with Crippen molar-refractivity contribution in [1.82, 2.24) is 0 Å². The molecule has 0 spiro atoms. The molecule has 0 saturated carbocycles. The highest BCUT2D eigenvalue weighted by atomic mass is 79.9. The summed E-state index contributed by atoms with van der Waals surface area (Å²) in [5.74, 6) is -0.553. The predicted octanol–water partition coefficient (Wildman–Crippen LogP) is 3.04. The van der Waals surface area contributed by atoms with Gasteiger partial charge in [-0.25, -0.2) is 0 Å². The van der Waals surface area contributed by atoms with Crippen molar-refractivity contribution < 1.29 is 14.4 Å². The lowest BCUT2D eigenvalue weighted by Gasteiger charge is -2.10. The van der Waals surface area contributed by atoms with Crippen molar-refractivity contribution in [2.45, 2.75) is 0 Å². The molecule has 1 amide bonds. The van der Waals surface area contributed by atoms with Crippen LogP contribution in [0.15, 0.2) is 44.8 Å². The number of amidine groups is 1. The number of rotatable bonds is 3. The van der Waals surface area contributed by atoms with Crippen molar-refractivity contribution in [3.63, 3.8) is 0 Å². The van der Waals surface area contributed by atoms with Crippen LogP contribution in [0.5, 0.6) is 0 Å². The van der Waals surface area contributed by atoms with Gasteiger partial charge in [-0.3, -0.25) is 4.79 Å². The number of nitrogens with one attached hydrogen (secondary N) is 1. The second-order valence-electron chi connectivity index (χ2n) is 3.74. The van der Waals surface area contributed by atoms with Gasteiger partial charge in [-0.05, 0) is 40.2 Å². The Labute approximate surface area is 127 Å². The van der Waals surface area contributed by atoms with Gasteiger partial charge in [0.1, 0.15) is 0 Å². The maximum atomic E-state index is 12.1. The SMILES string of the molecule is N/C(=N/O)c1ccc(Cl)cc1NC(=O)c1ccoc1Br. The van der Waals surface area contributed by atoms with Gasteiger partial charge in [0.15, 0.2) is 10.5 Å². The van der Waals surface area contributed by atoms with Gasteiger partial charge in [0.25, 0.3) is 5.91 Å². The fourth-order valence-electron chi connectivity index (χ4n) is 1.54. The van der Waals surface area contributed by atoms with Crippen LogP contribution >= 0.6 is 27.5 Å². The van der Waals surface area contributed by atoms with E-state index in [4.69, 9.17) is 27.0 Å². The first kappa shape index (κ1) is 14.4. The summed E-state index contributed by atoms with van der Waals surface area (Å²) in [7, 11) is 0. The van der Waals surface area contributed by atoms with Crippen LogP contribution in [0, 0.1) is 0 Å². The third-order valence-electron chi connectivity index (χ3n) is 2.48. The van der Waals surface area contributed by atoms with Crippen LogP contribution < -0.4 is 11.1 Å². The number of nitrogens with two attached hydrogens (primary N) is 1. The summed E-state index contributed by atoms with van der Waals surface area (Å²) < 4.78 is 5.30. The number of halogens is 2. The second kappa shape index (κ2) is 5.98.